The van der Waals surface area contributed by atoms with Gasteiger partial charge in [0.1, 0.15) is 12.6 Å². The number of rotatable bonds is 10. The summed E-state index contributed by atoms with van der Waals surface area (Å²) in [7, 11) is -3.90. The van der Waals surface area contributed by atoms with E-state index in [0.29, 0.717) is 22.2 Å². The van der Waals surface area contributed by atoms with Crippen LogP contribution in [-0.2, 0) is 26.2 Å². The highest BCUT2D eigenvalue weighted by Gasteiger charge is 2.30. The van der Waals surface area contributed by atoms with Crippen molar-refractivity contribution >= 4 is 73.9 Å². The molecule has 0 heterocycles. The molecular formula is C23H27Cl4N3O4S. The normalized spacial score (nSPS) is 12.4. The van der Waals surface area contributed by atoms with Gasteiger partial charge in [0, 0.05) is 23.1 Å². The Morgan fingerprint density at radius 3 is 2.06 bits per heavy atom. The third kappa shape index (κ3) is 8.72. The summed E-state index contributed by atoms with van der Waals surface area (Å²) in [6, 6.07) is 8.19. The maximum Gasteiger partial charge on any atom is 0.244 e. The van der Waals surface area contributed by atoms with Crippen LogP contribution in [0.25, 0.3) is 0 Å². The van der Waals surface area contributed by atoms with E-state index in [-0.39, 0.29) is 34.1 Å². The summed E-state index contributed by atoms with van der Waals surface area (Å²) in [6.45, 7) is 5.33. The summed E-state index contributed by atoms with van der Waals surface area (Å²) in [5.74, 6) is -0.771. The molecule has 0 unspecified atom stereocenters. The van der Waals surface area contributed by atoms with Crippen LogP contribution in [0.4, 0.5) is 5.69 Å². The van der Waals surface area contributed by atoms with Crippen LogP contribution in [0.15, 0.2) is 36.4 Å². The molecule has 0 aliphatic heterocycles. The molecule has 0 radical (unpaired) electrons. The molecule has 1 atom stereocenters. The summed E-state index contributed by atoms with van der Waals surface area (Å²) in [6.07, 6.45) is 0.969. The Morgan fingerprint density at radius 2 is 1.54 bits per heavy atom. The molecule has 0 aliphatic carbocycles. The third-order valence-corrected chi connectivity index (χ3v) is 7.32. The predicted molar refractivity (Wildman–Crippen MR) is 143 cm³/mol. The van der Waals surface area contributed by atoms with Crippen molar-refractivity contribution in [3.8, 4) is 0 Å². The molecule has 0 aliphatic rings. The lowest BCUT2D eigenvalue weighted by atomic mass is 10.1. The largest absolute Gasteiger partial charge is 0.354 e. The van der Waals surface area contributed by atoms with Crippen molar-refractivity contribution in [3.63, 3.8) is 0 Å². The number of hydrogen-bond acceptors (Lipinski definition) is 4. The highest BCUT2D eigenvalue weighted by Crippen LogP contribution is 2.28. The Balaban J connectivity index is 2.42. The van der Waals surface area contributed by atoms with Crippen LogP contribution in [0.5, 0.6) is 0 Å². The highest BCUT2D eigenvalue weighted by atomic mass is 35.5. The van der Waals surface area contributed by atoms with Crippen LogP contribution in [0.3, 0.4) is 0 Å². The Kier molecular flexibility index (Phi) is 10.5. The number of carbonyl (C=O) groups is 2. The summed E-state index contributed by atoms with van der Waals surface area (Å²) >= 11 is 24.2. The quantitative estimate of drug-likeness (QED) is 0.414. The van der Waals surface area contributed by atoms with E-state index < -0.39 is 28.5 Å². The third-order valence-electron chi connectivity index (χ3n) is 5.00. The number of halogens is 4. The van der Waals surface area contributed by atoms with Crippen LogP contribution < -0.4 is 9.62 Å². The van der Waals surface area contributed by atoms with E-state index in [4.69, 9.17) is 46.4 Å². The molecule has 192 valence electrons. The Labute approximate surface area is 226 Å². The van der Waals surface area contributed by atoms with Crippen molar-refractivity contribution in [3.05, 3.63) is 62.1 Å². The lowest BCUT2D eigenvalue weighted by molar-refractivity contribution is -0.139. The van der Waals surface area contributed by atoms with E-state index in [1.807, 2.05) is 13.8 Å². The molecule has 0 aromatic heterocycles. The van der Waals surface area contributed by atoms with Gasteiger partial charge in [-0.1, -0.05) is 66.3 Å². The number of anilines is 1. The fourth-order valence-electron chi connectivity index (χ4n) is 3.17. The van der Waals surface area contributed by atoms with E-state index in [2.05, 4.69) is 5.32 Å². The van der Waals surface area contributed by atoms with Crippen LogP contribution in [0.2, 0.25) is 20.1 Å². The summed E-state index contributed by atoms with van der Waals surface area (Å²) in [4.78, 5) is 27.6. The first-order valence-corrected chi connectivity index (χ1v) is 14.0. The van der Waals surface area contributed by atoms with E-state index >= 15 is 0 Å². The monoisotopic (exact) mass is 581 g/mol. The fourth-order valence-corrected chi connectivity index (χ4v) is 4.84. The second kappa shape index (κ2) is 12.5. The molecule has 2 amide bonds. The maximum absolute atomic E-state index is 13.5. The smallest absolute Gasteiger partial charge is 0.244 e. The molecule has 2 aromatic carbocycles. The van der Waals surface area contributed by atoms with Crippen LogP contribution >= 0.6 is 46.4 Å². The lowest BCUT2D eigenvalue weighted by Gasteiger charge is -2.31. The van der Waals surface area contributed by atoms with Crippen molar-refractivity contribution in [1.82, 2.24) is 10.2 Å². The molecule has 2 aromatic rings. The van der Waals surface area contributed by atoms with Crippen molar-refractivity contribution in [2.45, 2.75) is 33.4 Å². The molecular weight excluding hydrogens is 556 g/mol. The van der Waals surface area contributed by atoms with Gasteiger partial charge in [-0.3, -0.25) is 13.9 Å². The molecule has 0 fully saturated rings. The van der Waals surface area contributed by atoms with Gasteiger partial charge in [0.15, 0.2) is 0 Å². The van der Waals surface area contributed by atoms with Gasteiger partial charge in [-0.05, 0) is 48.7 Å². The van der Waals surface area contributed by atoms with E-state index in [9.17, 15) is 18.0 Å². The zero-order valence-corrected chi connectivity index (χ0v) is 23.5. The first-order chi connectivity index (χ1) is 16.2. The predicted octanol–water partition coefficient (Wildman–Crippen LogP) is 5.26. The van der Waals surface area contributed by atoms with Crippen LogP contribution in [0.1, 0.15) is 26.3 Å². The van der Waals surface area contributed by atoms with Gasteiger partial charge in [0.2, 0.25) is 21.8 Å². The molecule has 0 saturated carbocycles. The molecule has 35 heavy (non-hydrogen) atoms. The van der Waals surface area contributed by atoms with E-state index in [1.165, 1.54) is 23.1 Å². The minimum atomic E-state index is -3.90. The number of benzene rings is 2. The Hall–Kier alpha value is -1.71. The molecule has 0 saturated heterocycles. The maximum atomic E-state index is 13.5. The van der Waals surface area contributed by atoms with Crippen LogP contribution in [0, 0.1) is 5.92 Å². The fraction of sp³-hybridized carbons (Fsp3) is 0.391. The Morgan fingerprint density at radius 1 is 0.943 bits per heavy atom. The van der Waals surface area contributed by atoms with E-state index in [1.54, 1.807) is 25.1 Å². The number of nitrogens with zero attached hydrogens (tertiary/aromatic N) is 2. The minimum Gasteiger partial charge on any atom is -0.354 e. The number of nitrogens with one attached hydrogen (secondary N) is 1. The van der Waals surface area contributed by atoms with Gasteiger partial charge in [0.25, 0.3) is 0 Å². The van der Waals surface area contributed by atoms with Crippen molar-refractivity contribution in [2.24, 2.45) is 5.92 Å². The summed E-state index contributed by atoms with van der Waals surface area (Å²) in [5, 5.41) is 3.86. The molecule has 7 nitrogen and oxygen atoms in total. The van der Waals surface area contributed by atoms with Gasteiger partial charge < -0.3 is 10.2 Å². The molecule has 12 heteroatoms. The molecule has 0 spiro atoms. The molecule has 2 rings (SSSR count). The number of sulfonamides is 1. The minimum absolute atomic E-state index is 0.000108. The van der Waals surface area contributed by atoms with Crippen molar-refractivity contribution < 1.29 is 18.0 Å². The number of carbonyl (C=O) groups excluding carboxylic acids is 2. The zero-order chi connectivity index (χ0) is 26.5. The average molecular weight is 583 g/mol. The topological polar surface area (TPSA) is 86.8 Å². The van der Waals surface area contributed by atoms with Gasteiger partial charge in [-0.2, -0.15) is 0 Å². The first kappa shape index (κ1) is 29.5. The number of amides is 2. The standard InChI is InChI=1S/C23H27Cl4N3O4S/c1-14(2)11-28-23(32)15(3)29(12-16-5-6-20(26)21(27)7-16)22(31)13-30(35(4,33)34)19-9-17(24)8-18(25)10-19/h5-10,14-15H,11-13H2,1-4H3,(H,28,32)/t15-/m1/s1. The molecule has 0 bridgehead atoms. The van der Waals surface area contributed by atoms with Gasteiger partial charge in [-0.15, -0.1) is 0 Å². The zero-order valence-electron chi connectivity index (χ0n) is 19.7. The number of hydrogen-bond donors (Lipinski definition) is 1. The van der Waals surface area contributed by atoms with Crippen LogP contribution in [-0.4, -0.2) is 50.5 Å². The van der Waals surface area contributed by atoms with Gasteiger partial charge in [0.05, 0.1) is 22.0 Å². The van der Waals surface area contributed by atoms with Gasteiger partial charge in [-0.25, -0.2) is 8.42 Å². The second-order valence-corrected chi connectivity index (χ2v) is 12.1. The SMILES string of the molecule is CC(C)CNC(=O)[C@@H](C)N(Cc1ccc(Cl)c(Cl)c1)C(=O)CN(c1cc(Cl)cc(Cl)c1)S(C)(=O)=O. The lowest BCUT2D eigenvalue weighted by Crippen LogP contribution is -2.51. The molecule has 1 N–H and O–H groups in total. The highest BCUT2D eigenvalue weighted by molar-refractivity contribution is 7.92. The van der Waals surface area contributed by atoms with Gasteiger partial charge >= 0.3 is 0 Å². The van der Waals surface area contributed by atoms with Crippen molar-refractivity contribution in [2.75, 3.05) is 23.7 Å². The second-order valence-electron chi connectivity index (χ2n) is 8.48. The Bertz CT molecular complexity index is 1170. The van der Waals surface area contributed by atoms with E-state index in [0.717, 1.165) is 10.6 Å². The summed E-state index contributed by atoms with van der Waals surface area (Å²) < 4.78 is 26.1. The van der Waals surface area contributed by atoms with Crippen molar-refractivity contribution in [1.29, 1.82) is 0 Å². The average Bonchev–Trinajstić information content (AvgIpc) is 2.74. The summed E-state index contributed by atoms with van der Waals surface area (Å²) in [5.41, 5.74) is 0.748. The first-order valence-electron chi connectivity index (χ1n) is 10.6.